The first-order valence-corrected chi connectivity index (χ1v) is 5.94. The van der Waals surface area contributed by atoms with Crippen molar-refractivity contribution < 1.29 is 4.39 Å². The van der Waals surface area contributed by atoms with E-state index in [1.807, 2.05) is 17.7 Å². The number of rotatable bonds is 2. The summed E-state index contributed by atoms with van der Waals surface area (Å²) >= 11 is 6.03. The Bertz CT molecular complexity index is 537. The maximum absolute atomic E-state index is 13.7. The molecule has 0 aliphatic carbocycles. The largest absolute Gasteiger partial charge is 0.347 e. The highest BCUT2D eigenvalue weighted by Gasteiger charge is 2.10. The second-order valence-corrected chi connectivity index (χ2v) is 4.76. The number of benzene rings is 1. The van der Waals surface area contributed by atoms with E-state index in [9.17, 15) is 4.39 Å². The standard InChI is InChI=1S/C14H15ClFN/c1-9-7-17(11(3)10(9)2)8-12-13(15)5-4-6-14(12)16/h4-7H,8H2,1-3H3. The molecule has 0 spiro atoms. The van der Waals surface area contributed by atoms with Gasteiger partial charge in [-0.05, 0) is 44.0 Å². The predicted octanol–water partition coefficient (Wildman–Crippen LogP) is 4.25. The summed E-state index contributed by atoms with van der Waals surface area (Å²) in [6.45, 7) is 6.65. The van der Waals surface area contributed by atoms with E-state index in [-0.39, 0.29) is 5.82 Å². The van der Waals surface area contributed by atoms with Gasteiger partial charge in [-0.2, -0.15) is 0 Å². The van der Waals surface area contributed by atoms with Crippen LogP contribution in [-0.4, -0.2) is 4.57 Å². The van der Waals surface area contributed by atoms with E-state index in [0.29, 0.717) is 17.1 Å². The maximum atomic E-state index is 13.7. The third-order valence-electron chi connectivity index (χ3n) is 3.30. The second kappa shape index (κ2) is 4.53. The van der Waals surface area contributed by atoms with Crippen LogP contribution in [0.25, 0.3) is 0 Å². The monoisotopic (exact) mass is 251 g/mol. The van der Waals surface area contributed by atoms with Crippen molar-refractivity contribution >= 4 is 11.6 Å². The lowest BCUT2D eigenvalue weighted by Crippen LogP contribution is -2.03. The van der Waals surface area contributed by atoms with E-state index >= 15 is 0 Å². The molecule has 1 aromatic carbocycles. The summed E-state index contributed by atoms with van der Waals surface area (Å²) in [5, 5.41) is 0.480. The third-order valence-corrected chi connectivity index (χ3v) is 3.66. The second-order valence-electron chi connectivity index (χ2n) is 4.35. The molecular formula is C14H15ClFN. The highest BCUT2D eigenvalue weighted by atomic mass is 35.5. The van der Waals surface area contributed by atoms with Crippen molar-refractivity contribution in [1.82, 2.24) is 4.57 Å². The molecule has 0 amide bonds. The molecule has 0 saturated carbocycles. The lowest BCUT2D eigenvalue weighted by Gasteiger charge is -2.09. The van der Waals surface area contributed by atoms with Crippen molar-refractivity contribution in [2.24, 2.45) is 0 Å². The molecule has 0 bridgehead atoms. The Hall–Kier alpha value is -1.28. The lowest BCUT2D eigenvalue weighted by molar-refractivity contribution is 0.598. The smallest absolute Gasteiger partial charge is 0.129 e. The van der Waals surface area contributed by atoms with Crippen LogP contribution in [0.3, 0.4) is 0 Å². The number of aryl methyl sites for hydroxylation is 1. The first-order chi connectivity index (χ1) is 8.00. The van der Waals surface area contributed by atoms with Gasteiger partial charge in [-0.1, -0.05) is 17.7 Å². The first kappa shape index (κ1) is 12.2. The fraction of sp³-hybridized carbons (Fsp3) is 0.286. The van der Waals surface area contributed by atoms with Crippen molar-refractivity contribution in [3.05, 3.63) is 57.6 Å². The van der Waals surface area contributed by atoms with Crippen molar-refractivity contribution in [3.8, 4) is 0 Å². The number of halogens is 2. The Morgan fingerprint density at radius 3 is 2.47 bits per heavy atom. The van der Waals surface area contributed by atoms with Crippen LogP contribution in [0.15, 0.2) is 24.4 Å². The molecule has 0 radical (unpaired) electrons. The molecule has 1 heterocycles. The fourth-order valence-electron chi connectivity index (χ4n) is 1.95. The van der Waals surface area contributed by atoms with Crippen LogP contribution in [0.1, 0.15) is 22.4 Å². The van der Waals surface area contributed by atoms with Crippen molar-refractivity contribution in [2.45, 2.75) is 27.3 Å². The molecule has 2 aromatic rings. The molecule has 17 heavy (non-hydrogen) atoms. The quantitative estimate of drug-likeness (QED) is 0.752. The summed E-state index contributed by atoms with van der Waals surface area (Å²) in [5.74, 6) is -0.249. The maximum Gasteiger partial charge on any atom is 0.129 e. The lowest BCUT2D eigenvalue weighted by atomic mass is 10.2. The summed E-state index contributed by atoms with van der Waals surface area (Å²) in [5.41, 5.74) is 4.17. The van der Waals surface area contributed by atoms with Gasteiger partial charge in [0.2, 0.25) is 0 Å². The molecule has 2 rings (SSSR count). The summed E-state index contributed by atoms with van der Waals surface area (Å²) in [6.07, 6.45) is 2.04. The molecule has 3 heteroatoms. The van der Waals surface area contributed by atoms with E-state index in [1.165, 1.54) is 17.2 Å². The Morgan fingerprint density at radius 2 is 1.94 bits per heavy atom. The minimum Gasteiger partial charge on any atom is -0.347 e. The summed E-state index contributed by atoms with van der Waals surface area (Å²) in [7, 11) is 0. The Kier molecular flexibility index (Phi) is 3.25. The van der Waals surface area contributed by atoms with E-state index in [2.05, 4.69) is 13.8 Å². The van der Waals surface area contributed by atoms with E-state index in [1.54, 1.807) is 12.1 Å². The SMILES string of the molecule is Cc1cn(Cc2c(F)cccc2Cl)c(C)c1C. The average Bonchev–Trinajstić information content (AvgIpc) is 2.52. The van der Waals surface area contributed by atoms with Crippen molar-refractivity contribution in [3.63, 3.8) is 0 Å². The molecule has 0 aliphatic heterocycles. The number of hydrogen-bond donors (Lipinski definition) is 0. The number of nitrogens with zero attached hydrogens (tertiary/aromatic N) is 1. The molecule has 1 aromatic heterocycles. The normalized spacial score (nSPS) is 10.9. The van der Waals surface area contributed by atoms with Gasteiger partial charge in [-0.25, -0.2) is 4.39 Å². The first-order valence-electron chi connectivity index (χ1n) is 5.56. The fourth-order valence-corrected chi connectivity index (χ4v) is 2.17. The van der Waals surface area contributed by atoms with Gasteiger partial charge in [0.1, 0.15) is 5.82 Å². The van der Waals surface area contributed by atoms with Crippen LogP contribution in [0.5, 0.6) is 0 Å². The third kappa shape index (κ3) is 2.22. The molecule has 0 atom stereocenters. The average molecular weight is 252 g/mol. The Labute approximate surface area is 106 Å². The predicted molar refractivity (Wildman–Crippen MR) is 69.2 cm³/mol. The zero-order chi connectivity index (χ0) is 12.6. The number of aromatic nitrogens is 1. The zero-order valence-electron chi connectivity index (χ0n) is 10.2. The van der Waals surface area contributed by atoms with Gasteiger partial charge in [0, 0.05) is 22.5 Å². The molecule has 0 N–H and O–H groups in total. The highest BCUT2D eigenvalue weighted by Crippen LogP contribution is 2.22. The van der Waals surface area contributed by atoms with Gasteiger partial charge >= 0.3 is 0 Å². The van der Waals surface area contributed by atoms with Crippen LogP contribution in [0.2, 0.25) is 5.02 Å². The summed E-state index contributed by atoms with van der Waals surface area (Å²) in [4.78, 5) is 0. The minimum absolute atomic E-state index is 0.249. The molecule has 1 nitrogen and oxygen atoms in total. The molecule has 0 aliphatic rings. The van der Waals surface area contributed by atoms with Crippen LogP contribution in [-0.2, 0) is 6.54 Å². The molecule has 0 fully saturated rings. The Morgan fingerprint density at radius 1 is 1.24 bits per heavy atom. The molecule has 90 valence electrons. The van der Waals surface area contributed by atoms with Crippen LogP contribution < -0.4 is 0 Å². The highest BCUT2D eigenvalue weighted by molar-refractivity contribution is 6.31. The minimum atomic E-state index is -0.249. The van der Waals surface area contributed by atoms with Crippen LogP contribution in [0, 0.1) is 26.6 Å². The van der Waals surface area contributed by atoms with Crippen molar-refractivity contribution in [1.29, 1.82) is 0 Å². The molecule has 0 unspecified atom stereocenters. The van der Waals surface area contributed by atoms with Gasteiger partial charge < -0.3 is 4.57 Å². The zero-order valence-corrected chi connectivity index (χ0v) is 11.0. The van der Waals surface area contributed by atoms with E-state index in [0.717, 1.165) is 5.69 Å². The van der Waals surface area contributed by atoms with Crippen molar-refractivity contribution in [2.75, 3.05) is 0 Å². The van der Waals surface area contributed by atoms with E-state index in [4.69, 9.17) is 11.6 Å². The molecule has 0 saturated heterocycles. The Balaban J connectivity index is 2.41. The molecular weight excluding hydrogens is 237 g/mol. The van der Waals surface area contributed by atoms with Gasteiger partial charge in [0.05, 0.1) is 6.54 Å². The number of hydrogen-bond acceptors (Lipinski definition) is 0. The van der Waals surface area contributed by atoms with Crippen LogP contribution >= 0.6 is 11.6 Å². The van der Waals surface area contributed by atoms with Gasteiger partial charge in [-0.3, -0.25) is 0 Å². The van der Waals surface area contributed by atoms with Gasteiger partial charge in [0.15, 0.2) is 0 Å². The van der Waals surface area contributed by atoms with Crippen LogP contribution in [0.4, 0.5) is 4.39 Å². The van der Waals surface area contributed by atoms with E-state index < -0.39 is 0 Å². The topological polar surface area (TPSA) is 4.93 Å². The van der Waals surface area contributed by atoms with Gasteiger partial charge in [-0.15, -0.1) is 0 Å². The summed E-state index contributed by atoms with van der Waals surface area (Å²) in [6, 6.07) is 4.79. The summed E-state index contributed by atoms with van der Waals surface area (Å²) < 4.78 is 15.7. The van der Waals surface area contributed by atoms with Gasteiger partial charge in [0.25, 0.3) is 0 Å².